The fourth-order valence-electron chi connectivity index (χ4n) is 5.19. The Balaban J connectivity index is 1.29. The molecular formula is C20H29N7O3S. The van der Waals surface area contributed by atoms with Crippen LogP contribution in [0.5, 0.6) is 0 Å². The van der Waals surface area contributed by atoms with Crippen molar-refractivity contribution < 1.29 is 13.7 Å². The fourth-order valence-corrected chi connectivity index (χ4v) is 7.91. The third-order valence-electron chi connectivity index (χ3n) is 6.66. The van der Waals surface area contributed by atoms with Gasteiger partial charge in [-0.05, 0) is 59.6 Å². The lowest BCUT2D eigenvalue weighted by Crippen LogP contribution is -2.49. The number of tetrazole rings is 1. The molecule has 168 valence electrons. The van der Waals surface area contributed by atoms with Crippen molar-refractivity contribution in [2.45, 2.75) is 39.2 Å². The Morgan fingerprint density at radius 1 is 1.23 bits per heavy atom. The third kappa shape index (κ3) is 4.30. The minimum Gasteiger partial charge on any atom is -0.378 e. The number of ether oxygens (including phenoxy) is 1. The Bertz CT molecular complexity index is 1070. The second-order valence-electron chi connectivity index (χ2n) is 9.50. The molecule has 1 amide bonds. The molecule has 2 bridgehead atoms. The predicted octanol–water partition coefficient (Wildman–Crippen LogP) is 1.42. The maximum absolute atomic E-state index is 13.6. The Kier molecular flexibility index (Phi) is 5.41. The van der Waals surface area contributed by atoms with E-state index in [2.05, 4.69) is 43.7 Å². The molecule has 2 aromatic rings. The van der Waals surface area contributed by atoms with Crippen molar-refractivity contribution in [3.05, 3.63) is 12.1 Å². The van der Waals surface area contributed by atoms with Gasteiger partial charge in [-0.1, -0.05) is 13.8 Å². The summed E-state index contributed by atoms with van der Waals surface area (Å²) < 4.78 is 25.2. The Morgan fingerprint density at radius 3 is 2.74 bits per heavy atom. The summed E-state index contributed by atoms with van der Waals surface area (Å²) in [5.74, 6) is 2.28. The summed E-state index contributed by atoms with van der Waals surface area (Å²) in [6, 6.07) is 3.77. The van der Waals surface area contributed by atoms with E-state index in [1.54, 1.807) is 0 Å². The van der Waals surface area contributed by atoms with Crippen LogP contribution in [0.1, 0.15) is 33.1 Å². The average molecular weight is 448 g/mol. The van der Waals surface area contributed by atoms with Crippen LogP contribution in [0.2, 0.25) is 0 Å². The lowest BCUT2D eigenvalue weighted by atomic mass is 9.90. The molecule has 3 saturated heterocycles. The molecule has 0 N–H and O–H groups in total. The summed E-state index contributed by atoms with van der Waals surface area (Å²) in [6.07, 6.45) is 2.46. The van der Waals surface area contributed by atoms with Gasteiger partial charge in [0.25, 0.3) is 5.91 Å². The molecule has 4 atom stereocenters. The molecule has 0 radical (unpaired) electrons. The van der Waals surface area contributed by atoms with Gasteiger partial charge in [0, 0.05) is 37.1 Å². The number of amides is 1. The van der Waals surface area contributed by atoms with E-state index in [0.717, 1.165) is 25.3 Å². The third-order valence-corrected chi connectivity index (χ3v) is 9.16. The molecule has 31 heavy (non-hydrogen) atoms. The fraction of sp³-hybridized carbons (Fsp3) is 0.750. The van der Waals surface area contributed by atoms with Crippen LogP contribution in [0, 0.1) is 23.7 Å². The van der Waals surface area contributed by atoms with Gasteiger partial charge in [-0.2, -0.15) is 4.36 Å². The predicted molar refractivity (Wildman–Crippen MR) is 115 cm³/mol. The van der Waals surface area contributed by atoms with E-state index >= 15 is 0 Å². The zero-order valence-corrected chi connectivity index (χ0v) is 18.8. The van der Waals surface area contributed by atoms with E-state index in [-0.39, 0.29) is 29.8 Å². The molecule has 0 saturated carbocycles. The summed E-state index contributed by atoms with van der Waals surface area (Å²) in [5, 5.41) is 15.9. The van der Waals surface area contributed by atoms with E-state index in [1.807, 2.05) is 12.1 Å². The maximum Gasteiger partial charge on any atom is 0.257 e. The Hall–Kier alpha value is -2.14. The van der Waals surface area contributed by atoms with Gasteiger partial charge in [-0.15, -0.1) is 14.8 Å². The topological polar surface area (TPSA) is 115 Å². The van der Waals surface area contributed by atoms with Gasteiger partial charge in [-0.3, -0.25) is 4.79 Å². The lowest BCUT2D eigenvalue weighted by molar-refractivity contribution is -0.127. The van der Waals surface area contributed by atoms with Gasteiger partial charge in [0.1, 0.15) is 0 Å². The van der Waals surface area contributed by atoms with Crippen LogP contribution in [0.4, 0.5) is 5.82 Å². The van der Waals surface area contributed by atoms with Gasteiger partial charge in [0.2, 0.25) is 0 Å². The van der Waals surface area contributed by atoms with Gasteiger partial charge in [0.05, 0.1) is 15.8 Å². The minimum atomic E-state index is -2.52. The van der Waals surface area contributed by atoms with Crippen LogP contribution in [-0.4, -0.2) is 72.7 Å². The molecule has 5 rings (SSSR count). The number of anilines is 1. The molecule has 3 fully saturated rings. The van der Waals surface area contributed by atoms with E-state index in [0.29, 0.717) is 42.5 Å². The number of rotatable bonds is 3. The van der Waals surface area contributed by atoms with Crippen molar-refractivity contribution >= 4 is 27.1 Å². The normalized spacial score (nSPS) is 33.6. The van der Waals surface area contributed by atoms with Gasteiger partial charge in [-0.25, -0.2) is 4.21 Å². The summed E-state index contributed by atoms with van der Waals surface area (Å²) in [6.45, 7) is 6.30. The molecule has 10 nitrogen and oxygen atoms in total. The number of fused-ring (bicyclic) bond motifs is 3. The Morgan fingerprint density at radius 2 is 2.00 bits per heavy atom. The minimum absolute atomic E-state index is 0.0832. The molecule has 11 heteroatoms. The molecule has 3 aliphatic heterocycles. The first-order valence-corrected chi connectivity index (χ1v) is 12.9. The summed E-state index contributed by atoms with van der Waals surface area (Å²) in [7, 11) is -2.52. The molecule has 4 unspecified atom stereocenters. The monoisotopic (exact) mass is 447 g/mol. The van der Waals surface area contributed by atoms with Crippen LogP contribution in [0.15, 0.2) is 16.5 Å². The number of carbonyl (C=O) groups is 1. The van der Waals surface area contributed by atoms with Crippen LogP contribution in [0.25, 0.3) is 5.65 Å². The second kappa shape index (κ2) is 8.09. The number of nitrogens with zero attached hydrogens (tertiary/aromatic N) is 7. The highest BCUT2D eigenvalue weighted by Gasteiger charge is 2.38. The molecular weight excluding hydrogens is 418 g/mol. The number of aromatic nitrogens is 5. The quantitative estimate of drug-likeness (QED) is 0.694. The number of hydrogen-bond acceptors (Lipinski definition) is 8. The maximum atomic E-state index is 13.6. The van der Waals surface area contributed by atoms with Crippen molar-refractivity contribution in [3.8, 4) is 0 Å². The first-order chi connectivity index (χ1) is 14.9. The van der Waals surface area contributed by atoms with Crippen molar-refractivity contribution in [3.63, 3.8) is 0 Å². The van der Waals surface area contributed by atoms with Gasteiger partial charge < -0.3 is 9.64 Å². The van der Waals surface area contributed by atoms with E-state index < -0.39 is 9.73 Å². The second-order valence-corrected chi connectivity index (χ2v) is 11.9. The zero-order chi connectivity index (χ0) is 21.6. The summed E-state index contributed by atoms with van der Waals surface area (Å²) in [4.78, 5) is 15.1. The van der Waals surface area contributed by atoms with E-state index in [9.17, 15) is 9.00 Å². The number of carbonyl (C=O) groups excluding carboxylic acids is 1. The summed E-state index contributed by atoms with van der Waals surface area (Å²) >= 11 is 0. The average Bonchev–Trinajstić information content (AvgIpc) is 3.20. The van der Waals surface area contributed by atoms with E-state index in [1.165, 1.54) is 4.63 Å². The standard InChI is InChI=1S/C20H29N7O3S/c1-13(2)17-8-16(5-6-30-17)20(28)23-31(29)11-14-7-15(12-31)10-26(9-14)19-4-3-18-21-24-25-27(18)22-19/h3-4,13-17H,5-12H2,1-2H3. The summed E-state index contributed by atoms with van der Waals surface area (Å²) in [5.41, 5.74) is 0.606. The largest absolute Gasteiger partial charge is 0.378 e. The highest BCUT2D eigenvalue weighted by molar-refractivity contribution is 7.93. The molecule has 0 spiro atoms. The first kappa shape index (κ1) is 20.7. The number of piperidine rings is 1. The van der Waals surface area contributed by atoms with Crippen LogP contribution >= 0.6 is 0 Å². The van der Waals surface area contributed by atoms with Crippen LogP contribution < -0.4 is 4.90 Å². The molecule has 2 aromatic heterocycles. The zero-order valence-electron chi connectivity index (χ0n) is 18.0. The SMILES string of the molecule is CC(C)C1CC(C(=O)N=S2(=O)CC3CC(CN(c4ccc5nnnn5n4)C3)C2)CCO1. The lowest BCUT2D eigenvalue weighted by Gasteiger charge is -2.42. The van der Waals surface area contributed by atoms with Crippen molar-refractivity contribution in [1.82, 2.24) is 25.3 Å². The first-order valence-electron chi connectivity index (χ1n) is 11.1. The highest BCUT2D eigenvalue weighted by atomic mass is 32.2. The highest BCUT2D eigenvalue weighted by Crippen LogP contribution is 2.34. The Labute approximate surface area is 181 Å². The number of hydrogen-bond donors (Lipinski definition) is 0. The molecule has 5 heterocycles. The van der Waals surface area contributed by atoms with Crippen molar-refractivity contribution in [1.29, 1.82) is 0 Å². The van der Waals surface area contributed by atoms with Crippen molar-refractivity contribution in [2.24, 2.45) is 28.0 Å². The smallest absolute Gasteiger partial charge is 0.257 e. The van der Waals surface area contributed by atoms with Gasteiger partial charge >= 0.3 is 0 Å². The van der Waals surface area contributed by atoms with Crippen LogP contribution in [0.3, 0.4) is 0 Å². The van der Waals surface area contributed by atoms with Crippen molar-refractivity contribution in [2.75, 3.05) is 36.1 Å². The van der Waals surface area contributed by atoms with E-state index in [4.69, 9.17) is 4.74 Å². The molecule has 0 aliphatic carbocycles. The van der Waals surface area contributed by atoms with Crippen LogP contribution in [-0.2, 0) is 19.3 Å². The molecule has 3 aliphatic rings. The molecule has 0 aromatic carbocycles. The van der Waals surface area contributed by atoms with Gasteiger partial charge in [0.15, 0.2) is 11.5 Å².